The van der Waals surface area contributed by atoms with Gasteiger partial charge in [-0.2, -0.15) is 0 Å². The molecule has 3 unspecified atom stereocenters. The number of carbonyl (C=O) groups is 2. The average Bonchev–Trinajstić information content (AvgIpc) is 3.69. The molecule has 36 heavy (non-hydrogen) atoms. The molecule has 0 aromatic rings. The fraction of sp³-hybridized carbons (Fsp3) is 0.759. The maximum absolute atomic E-state index is 12.3. The molecular formula is C29H49NO4SV. The summed E-state index contributed by atoms with van der Waals surface area (Å²) in [6.45, 7) is 17.6. The van der Waals surface area contributed by atoms with E-state index in [2.05, 4.69) is 63.1 Å². The maximum atomic E-state index is 12.3. The SMILES string of the molecule is C=C(S/C=C(/C(=O)OC)C(C)CC)C(CC(C(C)C)N(COC(=O)CCC)[C](=[V])CCCC)C1CC1. The van der Waals surface area contributed by atoms with Crippen LogP contribution in [0.4, 0.5) is 0 Å². The van der Waals surface area contributed by atoms with E-state index in [4.69, 9.17) is 9.47 Å². The van der Waals surface area contributed by atoms with Crippen molar-refractivity contribution < 1.29 is 36.0 Å². The monoisotopic (exact) mass is 558 g/mol. The quantitative estimate of drug-likeness (QED) is 0.0946. The molecule has 205 valence electrons. The van der Waals surface area contributed by atoms with Gasteiger partial charge in [-0.3, -0.25) is 0 Å². The summed E-state index contributed by atoms with van der Waals surface area (Å²) in [7, 11) is 1.44. The third kappa shape index (κ3) is 11.3. The Morgan fingerprint density at radius 1 is 1.14 bits per heavy atom. The van der Waals surface area contributed by atoms with Gasteiger partial charge in [0.2, 0.25) is 0 Å². The Balaban J connectivity index is 3.12. The van der Waals surface area contributed by atoms with Crippen LogP contribution < -0.4 is 0 Å². The Kier molecular flexibility index (Phi) is 16.3. The van der Waals surface area contributed by atoms with Crippen LogP contribution in [0, 0.1) is 23.7 Å². The van der Waals surface area contributed by atoms with Crippen molar-refractivity contribution in [3.05, 3.63) is 22.5 Å². The molecule has 0 aliphatic heterocycles. The van der Waals surface area contributed by atoms with Crippen molar-refractivity contribution in [1.29, 1.82) is 0 Å². The van der Waals surface area contributed by atoms with Gasteiger partial charge in [-0.1, -0.05) is 0 Å². The molecule has 7 heteroatoms. The van der Waals surface area contributed by atoms with Gasteiger partial charge in [0, 0.05) is 0 Å². The van der Waals surface area contributed by atoms with E-state index >= 15 is 0 Å². The first-order valence-corrected chi connectivity index (χ1v) is 15.3. The van der Waals surface area contributed by atoms with E-state index in [9.17, 15) is 9.59 Å². The zero-order valence-electron chi connectivity index (χ0n) is 23.7. The third-order valence-corrected chi connectivity index (χ3v) is 8.80. The molecule has 0 bridgehead atoms. The first-order chi connectivity index (χ1) is 17.1. The molecule has 0 aromatic carbocycles. The number of unbranched alkanes of at least 4 members (excludes halogenated alkanes) is 1. The predicted octanol–water partition coefficient (Wildman–Crippen LogP) is 7.25. The van der Waals surface area contributed by atoms with Crippen LogP contribution in [0.1, 0.15) is 99.3 Å². The number of allylic oxidation sites excluding steroid dienone is 1. The summed E-state index contributed by atoms with van der Waals surface area (Å²) in [5.74, 6) is 1.10. The molecule has 0 saturated heterocycles. The number of hydrogen-bond acceptors (Lipinski definition) is 6. The number of esters is 2. The van der Waals surface area contributed by atoms with Gasteiger partial charge < -0.3 is 0 Å². The number of ether oxygens (including phenoxy) is 2. The van der Waals surface area contributed by atoms with E-state index in [1.165, 1.54) is 24.3 Å². The Hall–Kier alpha value is -0.816. The summed E-state index contributed by atoms with van der Waals surface area (Å²) in [6.07, 6.45) is 8.73. The second-order valence-corrected chi connectivity index (χ2v) is 12.1. The van der Waals surface area contributed by atoms with Crippen molar-refractivity contribution in [1.82, 2.24) is 4.90 Å². The average molecular weight is 559 g/mol. The third-order valence-electron chi connectivity index (χ3n) is 7.08. The van der Waals surface area contributed by atoms with E-state index in [1.807, 2.05) is 12.3 Å². The van der Waals surface area contributed by atoms with E-state index in [-0.39, 0.29) is 23.9 Å². The van der Waals surface area contributed by atoms with Crippen molar-refractivity contribution in [3.8, 4) is 0 Å². The van der Waals surface area contributed by atoms with Crippen molar-refractivity contribution in [2.75, 3.05) is 13.8 Å². The molecule has 0 aromatic heterocycles. The van der Waals surface area contributed by atoms with Crippen molar-refractivity contribution in [2.45, 2.75) is 105 Å². The van der Waals surface area contributed by atoms with Gasteiger partial charge in [0.25, 0.3) is 0 Å². The number of carbonyl (C=O) groups excluding carboxylic acids is 2. The summed E-state index contributed by atoms with van der Waals surface area (Å²) >= 11 is 4.33. The van der Waals surface area contributed by atoms with Crippen molar-refractivity contribution in [3.63, 3.8) is 0 Å². The summed E-state index contributed by atoms with van der Waals surface area (Å²) < 4.78 is 12.0. The predicted molar refractivity (Wildman–Crippen MR) is 148 cm³/mol. The molecule has 0 N–H and O–H groups in total. The molecule has 1 rings (SSSR count). The van der Waals surface area contributed by atoms with Gasteiger partial charge in [0.1, 0.15) is 0 Å². The van der Waals surface area contributed by atoms with E-state index in [1.54, 1.807) is 11.8 Å². The summed E-state index contributed by atoms with van der Waals surface area (Å²) in [5, 5.41) is 1.96. The van der Waals surface area contributed by atoms with Gasteiger partial charge >= 0.3 is 234 Å². The van der Waals surface area contributed by atoms with Crippen LogP contribution in [0.5, 0.6) is 0 Å². The van der Waals surface area contributed by atoms with Crippen LogP contribution >= 0.6 is 11.8 Å². The molecule has 0 amide bonds. The standard InChI is InChI=1S/C29H49NO4S.V/c1-9-12-13-17-30(20-34-28(31)14-10-2)27(21(4)5)18-25(24-15-16-24)23(7)35-19-26(22(6)11-3)29(32)33-8;/h19,21-22,24-25,27H,7,9-16,18,20H2,1-6,8H3;/b26-19+;. The molecule has 1 fully saturated rings. The molecule has 0 heterocycles. The van der Waals surface area contributed by atoms with Gasteiger partial charge in [-0.15, -0.1) is 0 Å². The zero-order valence-corrected chi connectivity index (χ0v) is 25.9. The minimum absolute atomic E-state index is 0.134. The first-order valence-electron chi connectivity index (χ1n) is 13.7. The number of rotatable bonds is 19. The second-order valence-electron chi connectivity index (χ2n) is 10.3. The van der Waals surface area contributed by atoms with Gasteiger partial charge in [0.15, 0.2) is 0 Å². The summed E-state index contributed by atoms with van der Waals surface area (Å²) in [5.41, 5.74) is 0.714. The molecule has 1 aliphatic rings. The Labute approximate surface area is 233 Å². The van der Waals surface area contributed by atoms with Crippen LogP contribution in [0.2, 0.25) is 0 Å². The molecule has 5 nitrogen and oxygen atoms in total. The minimum atomic E-state index is -0.258. The number of hydrogen-bond donors (Lipinski definition) is 0. The number of methoxy groups -OCH3 is 1. The van der Waals surface area contributed by atoms with Gasteiger partial charge in [-0.05, 0) is 0 Å². The van der Waals surface area contributed by atoms with Crippen molar-refractivity contribution in [2.24, 2.45) is 23.7 Å². The molecule has 1 saturated carbocycles. The van der Waals surface area contributed by atoms with Crippen LogP contribution in [-0.2, 0) is 36.0 Å². The Bertz CT molecular complexity index is 762. The molecule has 0 spiro atoms. The Morgan fingerprint density at radius 3 is 2.31 bits per heavy atom. The fourth-order valence-corrected chi connectivity index (χ4v) is 5.93. The summed E-state index contributed by atoms with van der Waals surface area (Å²) in [4.78, 5) is 28.0. The molecular weight excluding hydrogens is 509 g/mol. The second kappa shape index (κ2) is 17.6. The number of nitrogens with zero attached hydrogens (tertiary/aromatic N) is 1. The topological polar surface area (TPSA) is 55.8 Å². The number of thioether (sulfide) groups is 1. The van der Waals surface area contributed by atoms with Gasteiger partial charge in [0.05, 0.1) is 0 Å². The van der Waals surface area contributed by atoms with E-state index in [0.717, 1.165) is 43.4 Å². The molecule has 1 aliphatic carbocycles. The van der Waals surface area contributed by atoms with Crippen LogP contribution in [0.3, 0.4) is 0 Å². The zero-order chi connectivity index (χ0) is 27.3. The van der Waals surface area contributed by atoms with Crippen LogP contribution in [0.15, 0.2) is 22.5 Å². The van der Waals surface area contributed by atoms with Crippen LogP contribution in [-0.4, -0.2) is 41.1 Å². The normalized spacial score (nSPS) is 16.5. The first kappa shape index (κ1) is 33.2. The van der Waals surface area contributed by atoms with Crippen LogP contribution in [0.25, 0.3) is 0 Å². The molecule has 0 radical (unpaired) electrons. The van der Waals surface area contributed by atoms with E-state index in [0.29, 0.717) is 36.5 Å². The molecule has 3 atom stereocenters. The Morgan fingerprint density at radius 2 is 1.81 bits per heavy atom. The van der Waals surface area contributed by atoms with Crippen molar-refractivity contribution >= 4 is 28.1 Å². The fourth-order valence-electron chi connectivity index (χ4n) is 4.29. The van der Waals surface area contributed by atoms with E-state index < -0.39 is 0 Å². The summed E-state index contributed by atoms with van der Waals surface area (Å²) in [6, 6.07) is 0.232. The van der Waals surface area contributed by atoms with Gasteiger partial charge in [-0.25, -0.2) is 0 Å².